The summed E-state index contributed by atoms with van der Waals surface area (Å²) in [4.78, 5) is 7.00. The van der Waals surface area contributed by atoms with Crippen LogP contribution in [0.4, 0.5) is 0 Å². The van der Waals surface area contributed by atoms with Gasteiger partial charge in [0.2, 0.25) is 0 Å². The lowest BCUT2D eigenvalue weighted by Crippen LogP contribution is -2.39. The number of likely N-dealkylation sites (N-methyl/N-ethyl adjacent to an activating group) is 1. The summed E-state index contributed by atoms with van der Waals surface area (Å²) in [6.45, 7) is 12.8. The maximum Gasteiger partial charge on any atom is 0.0617 e. The van der Waals surface area contributed by atoms with Gasteiger partial charge in [0.25, 0.3) is 0 Å². The fourth-order valence-electron chi connectivity index (χ4n) is 3.42. The van der Waals surface area contributed by atoms with E-state index >= 15 is 0 Å². The van der Waals surface area contributed by atoms with E-state index in [-0.39, 0.29) is 12.7 Å². The molecule has 3 rings (SSSR count). The second-order valence-electron chi connectivity index (χ2n) is 7.95. The number of likely N-dealkylation sites (tertiary alicyclic amines) is 3. The van der Waals surface area contributed by atoms with Crippen molar-refractivity contribution in [2.24, 2.45) is 0 Å². The monoisotopic (exact) mass is 419 g/mol. The summed E-state index contributed by atoms with van der Waals surface area (Å²) in [5.41, 5.74) is 0. The van der Waals surface area contributed by atoms with Gasteiger partial charge in [-0.1, -0.05) is 20.3 Å². The highest BCUT2D eigenvalue weighted by molar-refractivity contribution is 4.73. The molecule has 3 aliphatic rings. The van der Waals surface area contributed by atoms with E-state index in [4.69, 9.17) is 14.9 Å². The molecule has 0 aliphatic carbocycles. The zero-order valence-electron chi connectivity index (χ0n) is 20.7. The van der Waals surface area contributed by atoms with Crippen molar-refractivity contribution in [3.63, 3.8) is 0 Å². The fourth-order valence-corrected chi connectivity index (χ4v) is 3.42. The van der Waals surface area contributed by atoms with Crippen molar-refractivity contribution in [3.05, 3.63) is 0 Å². The Hall–Kier alpha value is -0.240. The van der Waals surface area contributed by atoms with E-state index in [1.165, 1.54) is 51.7 Å². The van der Waals surface area contributed by atoms with Crippen LogP contribution in [-0.4, -0.2) is 111 Å². The minimum absolute atomic E-state index is 0.0220. The predicted molar refractivity (Wildman–Crippen MR) is 126 cm³/mol. The van der Waals surface area contributed by atoms with Crippen LogP contribution in [0, 0.1) is 0 Å². The van der Waals surface area contributed by atoms with E-state index < -0.39 is 0 Å². The first-order valence-electron chi connectivity index (χ1n) is 11.8. The van der Waals surface area contributed by atoms with Crippen LogP contribution in [-0.2, 0) is 4.74 Å². The third kappa shape index (κ3) is 19.5. The summed E-state index contributed by atoms with van der Waals surface area (Å²) in [7, 11) is 8.23. The Morgan fingerprint density at radius 3 is 1.59 bits per heavy atom. The van der Waals surface area contributed by atoms with Crippen molar-refractivity contribution in [2.75, 3.05) is 74.2 Å². The molecule has 0 saturated carbocycles. The van der Waals surface area contributed by atoms with Crippen molar-refractivity contribution in [2.45, 2.75) is 77.9 Å². The van der Waals surface area contributed by atoms with E-state index in [1.807, 2.05) is 13.8 Å². The Kier molecular flexibility index (Phi) is 24.0. The molecule has 3 aliphatic heterocycles. The highest BCUT2D eigenvalue weighted by Crippen LogP contribution is 2.14. The van der Waals surface area contributed by atoms with E-state index in [2.05, 4.69) is 35.8 Å². The summed E-state index contributed by atoms with van der Waals surface area (Å²) in [6.07, 6.45) is 8.76. The summed E-state index contributed by atoms with van der Waals surface area (Å²) in [6, 6.07) is 0.679. The molecule has 3 saturated heterocycles. The largest absolute Gasteiger partial charge is 0.397 e. The molecule has 3 heterocycles. The Balaban J connectivity index is 0. The number of rotatable bonds is 2. The minimum Gasteiger partial charge on any atom is -0.397 e. The molecule has 0 bridgehead atoms. The summed E-state index contributed by atoms with van der Waals surface area (Å²) < 4.78 is 5.11. The number of methoxy groups -OCH3 is 1. The second kappa shape index (κ2) is 22.4. The van der Waals surface area contributed by atoms with Gasteiger partial charge in [0.1, 0.15) is 0 Å². The number of piperidine rings is 2. The van der Waals surface area contributed by atoms with Crippen LogP contribution in [0.25, 0.3) is 0 Å². The van der Waals surface area contributed by atoms with Crippen LogP contribution in [0.3, 0.4) is 0 Å². The number of ether oxygens (including phenoxy) is 1. The third-order valence-corrected chi connectivity index (χ3v) is 5.30. The highest BCUT2D eigenvalue weighted by atomic mass is 16.5. The summed E-state index contributed by atoms with van der Waals surface area (Å²) >= 11 is 0. The Morgan fingerprint density at radius 2 is 1.24 bits per heavy atom. The van der Waals surface area contributed by atoms with E-state index in [0.717, 1.165) is 32.5 Å². The van der Waals surface area contributed by atoms with Crippen molar-refractivity contribution in [1.82, 2.24) is 14.7 Å². The van der Waals surface area contributed by atoms with E-state index in [1.54, 1.807) is 14.0 Å². The molecule has 1 atom stereocenters. The van der Waals surface area contributed by atoms with Crippen molar-refractivity contribution in [3.8, 4) is 0 Å². The zero-order chi connectivity index (χ0) is 22.5. The molecule has 0 radical (unpaired) electrons. The lowest BCUT2D eigenvalue weighted by molar-refractivity contribution is 0.0825. The average Bonchev–Trinajstić information content (AvgIpc) is 3.20. The van der Waals surface area contributed by atoms with Crippen LogP contribution in [0.1, 0.15) is 65.7 Å². The first kappa shape index (κ1) is 30.9. The van der Waals surface area contributed by atoms with Gasteiger partial charge in [0.05, 0.1) is 12.7 Å². The first-order chi connectivity index (χ1) is 13.9. The van der Waals surface area contributed by atoms with Gasteiger partial charge in [-0.2, -0.15) is 0 Å². The standard InChI is InChI=1S/C8H17NO.C6H13NO.C5H11N.C2H6O.C2H6/c1-9-6-4-3-5-8(9)7-10-2;1-7-4-2-6(8)3-5-7;1-6-4-2-3-5-6;1-2-3;1-2/h8H,3-7H2,1-2H3;6,8H,2-5H2,1H3;2-5H2,1H3;3H,2H2,1H3;1-2H3. The zero-order valence-corrected chi connectivity index (χ0v) is 20.7. The predicted octanol–water partition coefficient (Wildman–Crippen LogP) is 2.93. The van der Waals surface area contributed by atoms with Crippen LogP contribution < -0.4 is 0 Å². The topological polar surface area (TPSA) is 59.4 Å². The molecule has 0 spiro atoms. The number of hydrogen-bond donors (Lipinski definition) is 2. The molecule has 0 aromatic heterocycles. The fraction of sp³-hybridized carbons (Fsp3) is 1.00. The number of nitrogens with zero attached hydrogens (tertiary/aromatic N) is 3. The number of hydrogen-bond acceptors (Lipinski definition) is 6. The quantitative estimate of drug-likeness (QED) is 0.718. The van der Waals surface area contributed by atoms with Crippen molar-refractivity contribution >= 4 is 0 Å². The molecular formula is C23H53N3O3. The molecule has 6 heteroatoms. The van der Waals surface area contributed by atoms with Crippen LogP contribution in [0.5, 0.6) is 0 Å². The van der Waals surface area contributed by atoms with Gasteiger partial charge in [0, 0.05) is 32.8 Å². The normalized spacial score (nSPS) is 23.3. The lowest BCUT2D eigenvalue weighted by atomic mass is 10.0. The lowest BCUT2D eigenvalue weighted by Gasteiger charge is -2.31. The van der Waals surface area contributed by atoms with Gasteiger partial charge < -0.3 is 29.6 Å². The third-order valence-electron chi connectivity index (χ3n) is 5.30. The van der Waals surface area contributed by atoms with Gasteiger partial charge in [-0.05, 0) is 86.2 Å². The Bertz CT molecular complexity index is 296. The van der Waals surface area contributed by atoms with E-state index in [0.29, 0.717) is 6.04 Å². The van der Waals surface area contributed by atoms with Crippen molar-refractivity contribution in [1.29, 1.82) is 0 Å². The average molecular weight is 420 g/mol. The molecule has 0 amide bonds. The van der Waals surface area contributed by atoms with Gasteiger partial charge in [-0.15, -0.1) is 0 Å². The van der Waals surface area contributed by atoms with Gasteiger partial charge in [-0.25, -0.2) is 0 Å². The van der Waals surface area contributed by atoms with Gasteiger partial charge in [-0.3, -0.25) is 0 Å². The van der Waals surface area contributed by atoms with E-state index in [9.17, 15) is 0 Å². The second-order valence-corrected chi connectivity index (χ2v) is 7.95. The SMILES string of the molecule is CC.CCO.CN1CCC(O)CC1.CN1CCCC1.COCC1CCCCN1C. The molecule has 29 heavy (non-hydrogen) atoms. The molecule has 0 aromatic rings. The van der Waals surface area contributed by atoms with Gasteiger partial charge >= 0.3 is 0 Å². The smallest absolute Gasteiger partial charge is 0.0617 e. The molecule has 0 aromatic carbocycles. The van der Waals surface area contributed by atoms with Gasteiger partial charge in [0.15, 0.2) is 0 Å². The molecule has 3 fully saturated rings. The molecular weight excluding hydrogens is 366 g/mol. The molecule has 1 unspecified atom stereocenters. The highest BCUT2D eigenvalue weighted by Gasteiger charge is 2.17. The van der Waals surface area contributed by atoms with Crippen molar-refractivity contribution < 1.29 is 14.9 Å². The maximum atomic E-state index is 9.00. The minimum atomic E-state index is -0.0220. The molecule has 2 N–H and O–H groups in total. The van der Waals surface area contributed by atoms with Crippen LogP contribution in [0.15, 0.2) is 0 Å². The molecule has 6 nitrogen and oxygen atoms in total. The summed E-state index contributed by atoms with van der Waals surface area (Å²) in [5.74, 6) is 0. The number of aliphatic hydroxyl groups excluding tert-OH is 2. The van der Waals surface area contributed by atoms with Crippen LogP contribution >= 0.6 is 0 Å². The first-order valence-corrected chi connectivity index (χ1v) is 11.8. The Morgan fingerprint density at radius 1 is 0.793 bits per heavy atom. The number of aliphatic hydroxyl groups is 2. The molecule has 178 valence electrons. The summed E-state index contributed by atoms with van der Waals surface area (Å²) in [5, 5.41) is 16.6. The maximum absolute atomic E-state index is 9.00. The van der Waals surface area contributed by atoms with Crippen LogP contribution in [0.2, 0.25) is 0 Å². The Labute approximate surface area is 182 Å².